The number of primary amides is 1. The molecule has 1 aromatic heterocycles. The van der Waals surface area contributed by atoms with Crippen molar-refractivity contribution >= 4 is 16.7 Å². The lowest BCUT2D eigenvalue weighted by Crippen LogP contribution is -2.43. The second kappa shape index (κ2) is 9.24. The van der Waals surface area contributed by atoms with Crippen molar-refractivity contribution in [3.05, 3.63) is 60.9 Å². The molecule has 2 aromatic carbocycles. The predicted octanol–water partition coefficient (Wildman–Crippen LogP) is 2.84. The van der Waals surface area contributed by atoms with Gasteiger partial charge in [0.25, 0.3) is 0 Å². The maximum atomic E-state index is 11.3. The van der Waals surface area contributed by atoms with Crippen molar-refractivity contribution in [3.8, 4) is 16.9 Å². The molecule has 2 heterocycles. The van der Waals surface area contributed by atoms with Gasteiger partial charge in [-0.25, -0.2) is 0 Å². The zero-order valence-corrected chi connectivity index (χ0v) is 16.9. The molecule has 1 atom stereocenters. The number of hydrogen-bond acceptors (Lipinski definition) is 5. The van der Waals surface area contributed by atoms with E-state index in [0.717, 1.165) is 53.6 Å². The fourth-order valence-electron chi connectivity index (χ4n) is 4.12. The summed E-state index contributed by atoms with van der Waals surface area (Å²) in [6, 6.07) is 16.1. The number of pyridine rings is 1. The minimum Gasteiger partial charge on any atom is -0.490 e. The third kappa shape index (κ3) is 4.61. The van der Waals surface area contributed by atoms with E-state index in [1.165, 1.54) is 0 Å². The highest BCUT2D eigenvalue weighted by Gasteiger charge is 2.24. The van der Waals surface area contributed by atoms with E-state index >= 15 is 0 Å². The number of nitrogens with two attached hydrogens (primary N) is 1. The summed E-state index contributed by atoms with van der Waals surface area (Å²) in [6.07, 6.45) is 4.42. The number of β-amino-alcohol motifs (C(OH)–C–C–N with tert-alkyl or cyclic N) is 1. The maximum absolute atomic E-state index is 11.3. The number of aliphatic hydroxyl groups is 1. The molecule has 6 heteroatoms. The molecule has 30 heavy (non-hydrogen) atoms. The first-order chi connectivity index (χ1) is 14.6. The van der Waals surface area contributed by atoms with Crippen LogP contribution in [0.4, 0.5) is 0 Å². The Morgan fingerprint density at radius 2 is 1.87 bits per heavy atom. The van der Waals surface area contributed by atoms with Crippen LogP contribution in [0.1, 0.15) is 12.8 Å². The number of fused-ring (bicyclic) bond motifs is 1. The van der Waals surface area contributed by atoms with E-state index < -0.39 is 6.10 Å². The van der Waals surface area contributed by atoms with Gasteiger partial charge in [0.15, 0.2) is 0 Å². The van der Waals surface area contributed by atoms with Gasteiger partial charge in [0.2, 0.25) is 5.91 Å². The number of carbonyl (C=O) groups is 1. The third-order valence-corrected chi connectivity index (χ3v) is 5.75. The van der Waals surface area contributed by atoms with E-state index in [0.29, 0.717) is 6.54 Å². The summed E-state index contributed by atoms with van der Waals surface area (Å²) in [5, 5.41) is 12.8. The van der Waals surface area contributed by atoms with Crippen LogP contribution in [0.5, 0.6) is 5.75 Å². The fraction of sp³-hybridized carbons (Fsp3) is 0.333. The molecule has 6 nitrogen and oxygen atoms in total. The van der Waals surface area contributed by atoms with Crippen LogP contribution >= 0.6 is 0 Å². The van der Waals surface area contributed by atoms with Crippen molar-refractivity contribution < 1.29 is 14.6 Å². The molecule has 4 rings (SSSR count). The van der Waals surface area contributed by atoms with Crippen molar-refractivity contribution in [1.82, 2.24) is 9.88 Å². The van der Waals surface area contributed by atoms with Crippen LogP contribution in [0, 0.1) is 5.92 Å². The Kier molecular flexibility index (Phi) is 6.26. The molecule has 1 saturated heterocycles. The molecule has 0 saturated carbocycles. The third-order valence-electron chi connectivity index (χ3n) is 5.75. The van der Waals surface area contributed by atoms with E-state index in [4.69, 9.17) is 10.5 Å². The molecule has 3 aromatic rings. The Morgan fingerprint density at radius 3 is 2.60 bits per heavy atom. The highest BCUT2D eigenvalue weighted by atomic mass is 16.5. The summed E-state index contributed by atoms with van der Waals surface area (Å²) in [6.45, 7) is 2.25. The lowest BCUT2D eigenvalue weighted by molar-refractivity contribution is -0.123. The van der Waals surface area contributed by atoms with E-state index in [2.05, 4.69) is 22.0 Å². The van der Waals surface area contributed by atoms with Gasteiger partial charge in [-0.3, -0.25) is 9.78 Å². The summed E-state index contributed by atoms with van der Waals surface area (Å²) >= 11 is 0. The molecule has 0 radical (unpaired) electrons. The van der Waals surface area contributed by atoms with Gasteiger partial charge < -0.3 is 20.5 Å². The number of aliphatic hydroxyl groups excluding tert-OH is 1. The fourth-order valence-corrected chi connectivity index (χ4v) is 4.12. The standard InChI is InChI=1S/C24H27N3O3/c25-24(29)19-9-13-27(14-10-19)15-20(28)16-30-22-6-5-17-3-1-2-4-21(17)23(22)18-7-11-26-12-8-18/h1-8,11-12,19-20,28H,9-10,13-16H2,(H2,25,29). The number of nitrogens with zero attached hydrogens (tertiary/aromatic N) is 2. The number of ether oxygens (including phenoxy) is 1. The van der Waals surface area contributed by atoms with E-state index in [1.807, 2.05) is 36.4 Å². The number of likely N-dealkylation sites (tertiary alicyclic amines) is 1. The van der Waals surface area contributed by atoms with Gasteiger partial charge in [0.05, 0.1) is 0 Å². The van der Waals surface area contributed by atoms with Gasteiger partial charge in [0, 0.05) is 30.4 Å². The Balaban J connectivity index is 1.46. The normalized spacial score (nSPS) is 16.4. The molecule has 1 unspecified atom stereocenters. The lowest BCUT2D eigenvalue weighted by atomic mass is 9.96. The van der Waals surface area contributed by atoms with Gasteiger partial charge in [0.1, 0.15) is 18.5 Å². The molecular formula is C24H27N3O3. The number of piperidine rings is 1. The minimum atomic E-state index is -0.619. The van der Waals surface area contributed by atoms with E-state index in [9.17, 15) is 9.90 Å². The molecule has 0 bridgehead atoms. The molecule has 1 fully saturated rings. The Bertz CT molecular complexity index is 1000. The molecule has 1 aliphatic rings. The minimum absolute atomic E-state index is 0.0461. The van der Waals surface area contributed by atoms with Crippen LogP contribution in [-0.2, 0) is 4.79 Å². The summed E-state index contributed by atoms with van der Waals surface area (Å²) in [7, 11) is 0. The molecule has 1 amide bonds. The largest absolute Gasteiger partial charge is 0.490 e. The SMILES string of the molecule is NC(=O)C1CCN(CC(O)COc2ccc3ccccc3c2-c2ccncc2)CC1. The number of benzene rings is 2. The van der Waals surface area contributed by atoms with Gasteiger partial charge in [-0.1, -0.05) is 30.3 Å². The smallest absolute Gasteiger partial charge is 0.220 e. The first-order valence-corrected chi connectivity index (χ1v) is 10.4. The highest BCUT2D eigenvalue weighted by molar-refractivity contribution is 5.99. The number of amides is 1. The van der Waals surface area contributed by atoms with Crippen LogP contribution in [0.3, 0.4) is 0 Å². The van der Waals surface area contributed by atoms with Gasteiger partial charge >= 0.3 is 0 Å². The van der Waals surface area contributed by atoms with Crippen molar-refractivity contribution in [2.75, 3.05) is 26.2 Å². The average Bonchev–Trinajstić information content (AvgIpc) is 2.78. The summed E-state index contributed by atoms with van der Waals surface area (Å²) < 4.78 is 6.09. The van der Waals surface area contributed by atoms with Gasteiger partial charge in [-0.2, -0.15) is 0 Å². The summed E-state index contributed by atoms with van der Waals surface area (Å²) in [5.74, 6) is 0.472. The van der Waals surface area contributed by atoms with Crippen LogP contribution in [-0.4, -0.2) is 53.2 Å². The second-order valence-corrected chi connectivity index (χ2v) is 7.84. The van der Waals surface area contributed by atoms with Crippen molar-refractivity contribution in [2.24, 2.45) is 11.7 Å². The van der Waals surface area contributed by atoms with Crippen molar-refractivity contribution in [3.63, 3.8) is 0 Å². The Hall–Kier alpha value is -2.96. The zero-order valence-electron chi connectivity index (χ0n) is 16.9. The molecule has 156 valence electrons. The molecular weight excluding hydrogens is 378 g/mol. The van der Waals surface area contributed by atoms with Gasteiger partial charge in [-0.05, 0) is 60.5 Å². The number of hydrogen-bond donors (Lipinski definition) is 2. The van der Waals surface area contributed by atoms with Crippen LogP contribution in [0.15, 0.2) is 60.9 Å². The lowest BCUT2D eigenvalue weighted by Gasteiger charge is -2.31. The predicted molar refractivity (Wildman–Crippen MR) is 117 cm³/mol. The van der Waals surface area contributed by atoms with Crippen molar-refractivity contribution in [2.45, 2.75) is 18.9 Å². The van der Waals surface area contributed by atoms with Crippen LogP contribution < -0.4 is 10.5 Å². The second-order valence-electron chi connectivity index (χ2n) is 7.84. The quantitative estimate of drug-likeness (QED) is 0.631. The molecule has 0 spiro atoms. The molecule has 1 aliphatic heterocycles. The number of carbonyl (C=O) groups excluding carboxylic acids is 1. The van der Waals surface area contributed by atoms with Gasteiger partial charge in [-0.15, -0.1) is 0 Å². The number of aromatic nitrogens is 1. The molecule has 0 aliphatic carbocycles. The monoisotopic (exact) mass is 405 g/mol. The topological polar surface area (TPSA) is 88.7 Å². The summed E-state index contributed by atoms with van der Waals surface area (Å²) in [4.78, 5) is 17.6. The summed E-state index contributed by atoms with van der Waals surface area (Å²) in [5.41, 5.74) is 7.43. The zero-order chi connectivity index (χ0) is 20.9. The maximum Gasteiger partial charge on any atom is 0.220 e. The van der Waals surface area contributed by atoms with Crippen LogP contribution in [0.25, 0.3) is 21.9 Å². The first-order valence-electron chi connectivity index (χ1n) is 10.4. The van der Waals surface area contributed by atoms with Crippen LogP contribution in [0.2, 0.25) is 0 Å². The Morgan fingerprint density at radius 1 is 1.13 bits per heavy atom. The first kappa shape index (κ1) is 20.3. The molecule has 3 N–H and O–H groups in total. The van der Waals surface area contributed by atoms with Crippen molar-refractivity contribution in [1.29, 1.82) is 0 Å². The Labute approximate surface area is 176 Å². The highest BCUT2D eigenvalue weighted by Crippen LogP contribution is 2.37. The average molecular weight is 405 g/mol. The van der Waals surface area contributed by atoms with E-state index in [-0.39, 0.29) is 18.4 Å². The number of rotatable bonds is 7. The van der Waals surface area contributed by atoms with E-state index in [1.54, 1.807) is 12.4 Å².